The molecule has 4 amide bonds. The molecule has 2 rings (SSSR count). The molecule has 26 heavy (non-hydrogen) atoms. The van der Waals surface area contributed by atoms with Crippen molar-refractivity contribution in [2.24, 2.45) is 0 Å². The zero-order valence-electron chi connectivity index (χ0n) is 15.6. The summed E-state index contributed by atoms with van der Waals surface area (Å²) in [6.45, 7) is 4.96. The van der Waals surface area contributed by atoms with Gasteiger partial charge in [0.15, 0.2) is 0 Å². The molecule has 7 heteroatoms. The van der Waals surface area contributed by atoms with Crippen LogP contribution < -0.4 is 10.2 Å². The highest BCUT2D eigenvalue weighted by molar-refractivity contribution is 6.01. The second-order valence-electron chi connectivity index (χ2n) is 6.41. The third kappa shape index (κ3) is 5.47. The number of nitrogens with zero attached hydrogens (tertiary/aromatic N) is 3. The van der Waals surface area contributed by atoms with Crippen LogP contribution in [0.3, 0.4) is 0 Å². The molecule has 0 unspecified atom stereocenters. The van der Waals surface area contributed by atoms with Crippen molar-refractivity contribution in [3.8, 4) is 0 Å². The minimum atomic E-state index is -0.282. The molecule has 1 aliphatic rings. The van der Waals surface area contributed by atoms with Crippen LogP contribution in [-0.2, 0) is 9.59 Å². The van der Waals surface area contributed by atoms with Crippen LogP contribution in [-0.4, -0.2) is 67.4 Å². The van der Waals surface area contributed by atoms with Crippen LogP contribution in [0.25, 0.3) is 0 Å². The molecule has 0 aromatic heterocycles. The maximum Gasteiger partial charge on any atom is 0.326 e. The second kappa shape index (κ2) is 9.79. The van der Waals surface area contributed by atoms with Crippen LogP contribution in [0, 0.1) is 0 Å². The van der Waals surface area contributed by atoms with Crippen LogP contribution >= 0.6 is 0 Å². The van der Waals surface area contributed by atoms with Crippen molar-refractivity contribution < 1.29 is 14.4 Å². The van der Waals surface area contributed by atoms with Gasteiger partial charge in [0.1, 0.15) is 6.54 Å². The molecule has 1 saturated heterocycles. The van der Waals surface area contributed by atoms with E-state index in [-0.39, 0.29) is 24.4 Å². The van der Waals surface area contributed by atoms with Gasteiger partial charge in [-0.25, -0.2) is 4.79 Å². The summed E-state index contributed by atoms with van der Waals surface area (Å²) in [6, 6.07) is 9.93. The first-order valence-corrected chi connectivity index (χ1v) is 9.15. The van der Waals surface area contributed by atoms with Crippen LogP contribution in [0.5, 0.6) is 0 Å². The van der Waals surface area contributed by atoms with E-state index in [0.717, 1.165) is 19.5 Å². The SMILES string of the molecule is CCN(CCCNC(=O)CCCN1C(=O)CN(C)C1=O)c1ccccc1. The molecule has 0 radical (unpaired) electrons. The third-order valence-corrected chi connectivity index (χ3v) is 4.45. The minimum absolute atomic E-state index is 0.0415. The Balaban J connectivity index is 1.60. The standard InChI is InChI=1S/C19H28N4O3/c1-3-22(16-9-5-4-6-10-16)13-8-12-20-17(24)11-7-14-23-18(25)15-21(2)19(23)26/h4-6,9-10H,3,7-8,11-15H2,1-2H3,(H,20,24). The lowest BCUT2D eigenvalue weighted by Gasteiger charge is -2.23. The number of imide groups is 1. The molecule has 0 aliphatic carbocycles. The van der Waals surface area contributed by atoms with E-state index in [4.69, 9.17) is 0 Å². The van der Waals surface area contributed by atoms with Crippen molar-refractivity contribution in [3.63, 3.8) is 0 Å². The molecular formula is C19H28N4O3. The van der Waals surface area contributed by atoms with Crippen LogP contribution in [0.1, 0.15) is 26.2 Å². The summed E-state index contributed by atoms with van der Waals surface area (Å²) in [5.41, 5.74) is 1.19. The number of urea groups is 1. The first-order chi connectivity index (χ1) is 12.5. The van der Waals surface area contributed by atoms with Crippen LogP contribution in [0.2, 0.25) is 0 Å². The first kappa shape index (κ1) is 19.8. The van der Waals surface area contributed by atoms with Crippen LogP contribution in [0.15, 0.2) is 30.3 Å². The van der Waals surface area contributed by atoms with Crippen molar-refractivity contribution in [1.82, 2.24) is 15.1 Å². The van der Waals surface area contributed by atoms with Crippen molar-refractivity contribution in [3.05, 3.63) is 30.3 Å². The number of nitrogens with one attached hydrogen (secondary N) is 1. The van der Waals surface area contributed by atoms with Gasteiger partial charge in [-0.2, -0.15) is 0 Å². The fourth-order valence-corrected chi connectivity index (χ4v) is 2.98. The first-order valence-electron chi connectivity index (χ1n) is 9.15. The number of para-hydroxylation sites is 1. The number of hydrogen-bond acceptors (Lipinski definition) is 4. The number of amides is 4. The second-order valence-corrected chi connectivity index (χ2v) is 6.41. The van der Waals surface area contributed by atoms with Gasteiger partial charge in [0.05, 0.1) is 0 Å². The van der Waals surface area contributed by atoms with Gasteiger partial charge < -0.3 is 15.1 Å². The number of likely N-dealkylation sites (N-methyl/N-ethyl adjacent to an activating group) is 1. The highest BCUT2D eigenvalue weighted by Gasteiger charge is 2.32. The third-order valence-electron chi connectivity index (χ3n) is 4.45. The summed E-state index contributed by atoms with van der Waals surface area (Å²) < 4.78 is 0. The van der Waals surface area contributed by atoms with Crippen LogP contribution in [0.4, 0.5) is 10.5 Å². The number of carbonyl (C=O) groups is 3. The summed E-state index contributed by atoms with van der Waals surface area (Å²) in [5, 5.41) is 2.91. The lowest BCUT2D eigenvalue weighted by Crippen LogP contribution is -2.34. The van der Waals surface area contributed by atoms with Crippen molar-refractivity contribution in [1.29, 1.82) is 0 Å². The highest BCUT2D eigenvalue weighted by atomic mass is 16.2. The number of carbonyl (C=O) groups excluding carboxylic acids is 3. The molecule has 1 N–H and O–H groups in total. The fourth-order valence-electron chi connectivity index (χ4n) is 2.98. The Morgan fingerprint density at radius 1 is 1.19 bits per heavy atom. The molecule has 1 aromatic carbocycles. The molecule has 1 heterocycles. The summed E-state index contributed by atoms with van der Waals surface area (Å²) in [6.07, 6.45) is 1.67. The summed E-state index contributed by atoms with van der Waals surface area (Å²) in [7, 11) is 1.60. The molecule has 0 spiro atoms. The number of benzene rings is 1. The Morgan fingerprint density at radius 3 is 2.54 bits per heavy atom. The smallest absolute Gasteiger partial charge is 0.326 e. The molecule has 0 bridgehead atoms. The topological polar surface area (TPSA) is 73.0 Å². The number of anilines is 1. The average molecular weight is 360 g/mol. The van der Waals surface area contributed by atoms with Gasteiger partial charge in [-0.1, -0.05) is 18.2 Å². The molecule has 1 aromatic rings. The predicted molar refractivity (Wildman–Crippen MR) is 101 cm³/mol. The Bertz CT molecular complexity index is 620. The zero-order valence-corrected chi connectivity index (χ0v) is 15.6. The number of rotatable bonds is 10. The van der Waals surface area contributed by atoms with Crippen molar-refractivity contribution >= 4 is 23.5 Å². The molecule has 0 saturated carbocycles. The van der Waals surface area contributed by atoms with Gasteiger partial charge in [-0.05, 0) is 31.9 Å². The summed E-state index contributed by atoms with van der Waals surface area (Å²) in [5.74, 6) is -0.237. The fraction of sp³-hybridized carbons (Fsp3) is 0.526. The van der Waals surface area contributed by atoms with Gasteiger partial charge in [0.25, 0.3) is 0 Å². The van der Waals surface area contributed by atoms with Gasteiger partial charge in [0.2, 0.25) is 11.8 Å². The lowest BCUT2D eigenvalue weighted by molar-refractivity contribution is -0.126. The monoisotopic (exact) mass is 360 g/mol. The van der Waals surface area contributed by atoms with Gasteiger partial charge in [-0.15, -0.1) is 0 Å². The Labute approximate surface area is 154 Å². The molecule has 142 valence electrons. The van der Waals surface area contributed by atoms with E-state index in [0.29, 0.717) is 25.9 Å². The van der Waals surface area contributed by atoms with E-state index in [1.165, 1.54) is 15.5 Å². The molecule has 0 atom stereocenters. The molecular weight excluding hydrogens is 332 g/mol. The van der Waals surface area contributed by atoms with E-state index in [9.17, 15) is 14.4 Å². The molecule has 1 aliphatic heterocycles. The molecule has 1 fully saturated rings. The average Bonchev–Trinajstić information content (AvgIpc) is 2.88. The van der Waals surface area contributed by atoms with E-state index in [1.807, 2.05) is 18.2 Å². The Hall–Kier alpha value is -2.57. The molecule has 7 nitrogen and oxygen atoms in total. The highest BCUT2D eigenvalue weighted by Crippen LogP contribution is 2.13. The van der Waals surface area contributed by atoms with E-state index in [1.54, 1.807) is 7.05 Å². The Morgan fingerprint density at radius 2 is 1.92 bits per heavy atom. The number of hydrogen-bond donors (Lipinski definition) is 1. The normalized spacial score (nSPS) is 14.1. The lowest BCUT2D eigenvalue weighted by atomic mass is 10.2. The Kier molecular flexibility index (Phi) is 7.44. The quantitative estimate of drug-likeness (QED) is 0.509. The largest absolute Gasteiger partial charge is 0.372 e. The van der Waals surface area contributed by atoms with E-state index < -0.39 is 0 Å². The van der Waals surface area contributed by atoms with Crippen molar-refractivity contribution in [2.75, 3.05) is 44.7 Å². The maximum atomic E-state index is 11.9. The van der Waals surface area contributed by atoms with E-state index >= 15 is 0 Å². The minimum Gasteiger partial charge on any atom is -0.372 e. The van der Waals surface area contributed by atoms with Gasteiger partial charge in [0, 0.05) is 45.3 Å². The maximum absolute atomic E-state index is 11.9. The summed E-state index contributed by atoms with van der Waals surface area (Å²) >= 11 is 0. The predicted octanol–water partition coefficient (Wildman–Crippen LogP) is 1.69. The van der Waals surface area contributed by atoms with E-state index in [2.05, 4.69) is 29.3 Å². The van der Waals surface area contributed by atoms with Crippen molar-refractivity contribution in [2.45, 2.75) is 26.2 Å². The zero-order chi connectivity index (χ0) is 18.9. The summed E-state index contributed by atoms with van der Waals surface area (Å²) in [4.78, 5) is 40.2. The van der Waals surface area contributed by atoms with Gasteiger partial charge >= 0.3 is 6.03 Å². The van der Waals surface area contributed by atoms with Gasteiger partial charge in [-0.3, -0.25) is 14.5 Å².